The summed E-state index contributed by atoms with van der Waals surface area (Å²) in [4.78, 5) is 18.5. The van der Waals surface area contributed by atoms with Crippen LogP contribution in [0.1, 0.15) is 11.1 Å². The molecule has 130 valence electrons. The summed E-state index contributed by atoms with van der Waals surface area (Å²) >= 11 is 6.83. The third-order valence-corrected chi connectivity index (χ3v) is 5.55. The number of amides is 1. The SMILES string of the molecule is COc1ccc(C[C@@H]2SC(=S)N(Cc3cccnc3)C2=O)c(OC)c1. The topological polar surface area (TPSA) is 51.7 Å². The Morgan fingerprint density at radius 3 is 2.80 bits per heavy atom. The summed E-state index contributed by atoms with van der Waals surface area (Å²) in [6.45, 7) is 0.453. The molecule has 2 heterocycles. The van der Waals surface area contributed by atoms with Gasteiger partial charge in [0.15, 0.2) is 0 Å². The fourth-order valence-electron chi connectivity index (χ4n) is 2.67. The molecule has 1 fully saturated rings. The van der Waals surface area contributed by atoms with E-state index in [4.69, 9.17) is 21.7 Å². The Labute approximate surface area is 156 Å². The molecular formula is C18H18N2O3S2. The molecular weight excluding hydrogens is 356 g/mol. The lowest BCUT2D eigenvalue weighted by Gasteiger charge is -2.16. The van der Waals surface area contributed by atoms with Crippen molar-refractivity contribution in [1.29, 1.82) is 0 Å². The highest BCUT2D eigenvalue weighted by atomic mass is 32.2. The molecule has 0 saturated carbocycles. The van der Waals surface area contributed by atoms with Gasteiger partial charge in [-0.15, -0.1) is 0 Å². The third-order valence-electron chi connectivity index (χ3n) is 3.97. The maximum absolute atomic E-state index is 12.8. The van der Waals surface area contributed by atoms with Crippen LogP contribution in [0, 0.1) is 0 Å². The van der Waals surface area contributed by atoms with Crippen LogP contribution in [0.2, 0.25) is 0 Å². The van der Waals surface area contributed by atoms with E-state index in [0.29, 0.717) is 23.0 Å². The van der Waals surface area contributed by atoms with Crippen molar-refractivity contribution in [3.63, 3.8) is 0 Å². The summed E-state index contributed by atoms with van der Waals surface area (Å²) in [5, 5.41) is -0.244. The molecule has 1 amide bonds. The van der Waals surface area contributed by atoms with E-state index >= 15 is 0 Å². The minimum absolute atomic E-state index is 0.0247. The number of methoxy groups -OCH3 is 2. The van der Waals surface area contributed by atoms with Crippen molar-refractivity contribution < 1.29 is 14.3 Å². The van der Waals surface area contributed by atoms with Crippen molar-refractivity contribution in [2.24, 2.45) is 0 Å². The Hall–Kier alpha value is -2.12. The van der Waals surface area contributed by atoms with Gasteiger partial charge in [0.1, 0.15) is 15.8 Å². The van der Waals surface area contributed by atoms with Crippen molar-refractivity contribution in [2.45, 2.75) is 18.2 Å². The largest absolute Gasteiger partial charge is 0.497 e. The zero-order valence-corrected chi connectivity index (χ0v) is 15.6. The average molecular weight is 374 g/mol. The van der Waals surface area contributed by atoms with Crippen LogP contribution in [0.4, 0.5) is 0 Å². The highest BCUT2D eigenvalue weighted by Gasteiger charge is 2.37. The van der Waals surface area contributed by atoms with E-state index in [1.807, 2.05) is 30.3 Å². The summed E-state index contributed by atoms with van der Waals surface area (Å²) in [5.41, 5.74) is 1.92. The molecule has 0 radical (unpaired) electrons. The van der Waals surface area contributed by atoms with E-state index in [1.54, 1.807) is 31.5 Å². The van der Waals surface area contributed by atoms with Crippen LogP contribution in [0.15, 0.2) is 42.7 Å². The fourth-order valence-corrected chi connectivity index (χ4v) is 4.18. The number of carbonyl (C=O) groups excluding carboxylic acids is 1. The molecule has 0 N–H and O–H groups in total. The molecule has 1 aromatic heterocycles. The van der Waals surface area contributed by atoms with Crippen LogP contribution in [-0.4, -0.2) is 39.6 Å². The van der Waals surface area contributed by atoms with Gasteiger partial charge < -0.3 is 9.47 Å². The van der Waals surface area contributed by atoms with Gasteiger partial charge in [-0.2, -0.15) is 0 Å². The van der Waals surface area contributed by atoms with Crippen molar-refractivity contribution >= 4 is 34.2 Å². The summed E-state index contributed by atoms with van der Waals surface area (Å²) in [7, 11) is 3.22. The molecule has 25 heavy (non-hydrogen) atoms. The predicted molar refractivity (Wildman–Crippen MR) is 102 cm³/mol. The molecule has 5 nitrogen and oxygen atoms in total. The molecule has 1 aliphatic rings. The van der Waals surface area contributed by atoms with E-state index in [1.165, 1.54) is 11.8 Å². The number of carbonyl (C=O) groups is 1. The lowest BCUT2D eigenvalue weighted by atomic mass is 10.1. The van der Waals surface area contributed by atoms with Gasteiger partial charge in [0.2, 0.25) is 5.91 Å². The van der Waals surface area contributed by atoms with Crippen LogP contribution < -0.4 is 9.47 Å². The van der Waals surface area contributed by atoms with Crippen LogP contribution in [-0.2, 0) is 17.8 Å². The molecule has 1 aromatic carbocycles. The maximum Gasteiger partial charge on any atom is 0.242 e. The molecule has 7 heteroatoms. The second-order valence-electron chi connectivity index (χ2n) is 5.54. The molecule has 3 rings (SSSR count). The van der Waals surface area contributed by atoms with Gasteiger partial charge in [-0.05, 0) is 29.7 Å². The number of thioether (sulfide) groups is 1. The standard InChI is InChI=1S/C18H18N2O3S2/c1-22-14-6-5-13(15(9-14)23-2)8-16-17(21)20(18(24)25-16)11-12-4-3-7-19-10-12/h3-7,9-10,16H,8,11H2,1-2H3/t16-/m0/s1. The number of thiocarbonyl (C=S) groups is 1. The molecule has 0 bridgehead atoms. The smallest absolute Gasteiger partial charge is 0.242 e. The molecule has 1 aliphatic heterocycles. The van der Waals surface area contributed by atoms with Gasteiger partial charge in [0, 0.05) is 18.5 Å². The third kappa shape index (κ3) is 3.93. The zero-order valence-electron chi connectivity index (χ0n) is 14.0. The molecule has 0 aliphatic carbocycles. The van der Waals surface area contributed by atoms with Gasteiger partial charge in [-0.25, -0.2) is 0 Å². The Morgan fingerprint density at radius 1 is 1.28 bits per heavy atom. The first kappa shape index (κ1) is 17.7. The number of aromatic nitrogens is 1. The first-order chi connectivity index (χ1) is 12.1. The van der Waals surface area contributed by atoms with E-state index in [2.05, 4.69) is 4.98 Å². The Morgan fingerprint density at radius 2 is 2.12 bits per heavy atom. The first-order valence-electron chi connectivity index (χ1n) is 7.74. The van der Waals surface area contributed by atoms with Gasteiger partial charge in [-0.1, -0.05) is 36.1 Å². The Bertz CT molecular complexity index is 783. The van der Waals surface area contributed by atoms with Gasteiger partial charge in [-0.3, -0.25) is 14.7 Å². The maximum atomic E-state index is 12.8. The van der Waals surface area contributed by atoms with Crippen molar-refractivity contribution in [3.8, 4) is 11.5 Å². The molecule has 0 spiro atoms. The van der Waals surface area contributed by atoms with Crippen molar-refractivity contribution in [1.82, 2.24) is 9.88 Å². The predicted octanol–water partition coefficient (Wildman–Crippen LogP) is 3.07. The number of ether oxygens (including phenoxy) is 2. The van der Waals surface area contributed by atoms with Crippen LogP contribution in [0.3, 0.4) is 0 Å². The lowest BCUT2D eigenvalue weighted by molar-refractivity contribution is -0.126. The fraction of sp³-hybridized carbons (Fsp3) is 0.278. The number of benzene rings is 1. The number of rotatable bonds is 6. The van der Waals surface area contributed by atoms with E-state index < -0.39 is 0 Å². The van der Waals surface area contributed by atoms with Crippen molar-refractivity contribution in [2.75, 3.05) is 14.2 Å². The number of nitrogens with zero attached hydrogens (tertiary/aromatic N) is 2. The van der Waals surface area contributed by atoms with Gasteiger partial charge in [0.25, 0.3) is 0 Å². The molecule has 0 unspecified atom stereocenters. The summed E-state index contributed by atoms with van der Waals surface area (Å²) in [6, 6.07) is 9.41. The summed E-state index contributed by atoms with van der Waals surface area (Å²) in [5.74, 6) is 1.46. The second-order valence-corrected chi connectivity index (χ2v) is 7.38. The van der Waals surface area contributed by atoms with E-state index in [9.17, 15) is 4.79 Å². The highest BCUT2D eigenvalue weighted by Crippen LogP contribution is 2.34. The number of pyridine rings is 1. The van der Waals surface area contributed by atoms with E-state index in [-0.39, 0.29) is 11.2 Å². The normalized spacial score (nSPS) is 17.0. The van der Waals surface area contributed by atoms with E-state index in [0.717, 1.165) is 16.9 Å². The monoisotopic (exact) mass is 374 g/mol. The minimum atomic E-state index is -0.244. The van der Waals surface area contributed by atoms with Gasteiger partial charge >= 0.3 is 0 Å². The summed E-state index contributed by atoms with van der Waals surface area (Å²) in [6.07, 6.45) is 4.02. The second kappa shape index (κ2) is 7.84. The lowest BCUT2D eigenvalue weighted by Crippen LogP contribution is -2.31. The van der Waals surface area contributed by atoms with Crippen LogP contribution in [0.5, 0.6) is 11.5 Å². The molecule has 2 aromatic rings. The Kier molecular flexibility index (Phi) is 5.55. The average Bonchev–Trinajstić information content (AvgIpc) is 2.90. The van der Waals surface area contributed by atoms with Crippen LogP contribution in [0.25, 0.3) is 0 Å². The van der Waals surface area contributed by atoms with Crippen molar-refractivity contribution in [3.05, 3.63) is 53.9 Å². The van der Waals surface area contributed by atoms with Gasteiger partial charge in [0.05, 0.1) is 26.0 Å². The minimum Gasteiger partial charge on any atom is -0.497 e. The summed E-state index contributed by atoms with van der Waals surface area (Å²) < 4.78 is 11.2. The molecule has 1 atom stereocenters. The first-order valence-corrected chi connectivity index (χ1v) is 9.03. The zero-order chi connectivity index (χ0) is 17.8. The quantitative estimate of drug-likeness (QED) is 0.725. The number of hydrogen-bond acceptors (Lipinski definition) is 6. The number of hydrogen-bond donors (Lipinski definition) is 0. The molecule has 1 saturated heterocycles. The van der Waals surface area contributed by atoms with Crippen LogP contribution >= 0.6 is 24.0 Å². The highest BCUT2D eigenvalue weighted by molar-refractivity contribution is 8.24. The Balaban J connectivity index is 1.74.